The summed E-state index contributed by atoms with van der Waals surface area (Å²) >= 11 is 5.29. The Morgan fingerprint density at radius 3 is 2.62 bits per heavy atom. The van der Waals surface area contributed by atoms with E-state index in [0.717, 1.165) is 12.8 Å². The lowest BCUT2D eigenvalue weighted by Crippen LogP contribution is -2.39. The number of carbonyl (C=O) groups is 1. The predicted molar refractivity (Wildman–Crippen MR) is 50.2 cm³/mol. The van der Waals surface area contributed by atoms with Crippen LogP contribution in [-0.4, -0.2) is 23.2 Å². The van der Waals surface area contributed by atoms with Crippen LogP contribution >= 0.6 is 11.8 Å². The van der Waals surface area contributed by atoms with Crippen LogP contribution in [0.2, 0.25) is 0 Å². The maximum Gasteiger partial charge on any atom is 0.244 e. The monoisotopic (exact) mass is 205 g/mol. The zero-order valence-electron chi connectivity index (χ0n) is 7.32. The summed E-state index contributed by atoms with van der Waals surface area (Å²) in [6, 6.07) is -0.538. The highest BCUT2D eigenvalue weighted by molar-refractivity contribution is 6.25. The number of carbonyl (C=O) groups excluding carboxylic acids is 1. The molecule has 1 fully saturated rings. The van der Waals surface area contributed by atoms with Crippen molar-refractivity contribution in [2.24, 2.45) is 11.7 Å². The lowest BCUT2D eigenvalue weighted by molar-refractivity contribution is -0.126. The number of rotatable bonds is 5. The van der Waals surface area contributed by atoms with E-state index in [0.29, 0.717) is 12.3 Å². The highest BCUT2D eigenvalue weighted by Crippen LogP contribution is 2.33. The Bertz CT molecular complexity index is 185. The molecule has 1 aliphatic carbocycles. The van der Waals surface area contributed by atoms with Gasteiger partial charge >= 0.3 is 0 Å². The Morgan fingerprint density at radius 1 is 1.69 bits per heavy atom. The molecule has 1 rings (SSSR count). The van der Waals surface area contributed by atoms with Gasteiger partial charge < -0.3 is 15.7 Å². The molecule has 0 aliphatic heterocycles. The predicted octanol–water partition coefficient (Wildman–Crippen LogP) is 0.919. The first-order valence-electron chi connectivity index (χ1n) is 4.43. The van der Waals surface area contributed by atoms with E-state index in [1.165, 1.54) is 6.42 Å². The number of hydrogen-bond donors (Lipinski definition) is 2. The maximum absolute atomic E-state index is 10.6. The summed E-state index contributed by atoms with van der Waals surface area (Å²) in [5.41, 5.74) is 4.94. The Balaban J connectivity index is 2.36. The molecule has 4 nitrogen and oxygen atoms in total. The van der Waals surface area contributed by atoms with E-state index in [9.17, 15) is 9.90 Å². The Labute approximate surface area is 82.5 Å². The molecule has 2 atom stereocenters. The SMILES string of the molecule is NC(=O)C(O)C(CC1CCC1)[N-]Cl. The average molecular weight is 206 g/mol. The van der Waals surface area contributed by atoms with Gasteiger partial charge in [-0.05, 0) is 5.92 Å². The van der Waals surface area contributed by atoms with Gasteiger partial charge in [0.15, 0.2) is 0 Å². The van der Waals surface area contributed by atoms with Gasteiger partial charge in [0, 0.05) is 0 Å². The quantitative estimate of drug-likeness (QED) is 0.700. The van der Waals surface area contributed by atoms with E-state index in [2.05, 4.69) is 4.84 Å². The molecule has 1 saturated carbocycles. The number of primary amides is 1. The van der Waals surface area contributed by atoms with E-state index < -0.39 is 18.1 Å². The Kier molecular flexibility index (Phi) is 3.96. The van der Waals surface area contributed by atoms with Crippen LogP contribution < -0.4 is 5.73 Å². The molecule has 0 saturated heterocycles. The van der Waals surface area contributed by atoms with Gasteiger partial charge in [-0.25, -0.2) is 0 Å². The number of aliphatic hydroxyl groups is 1. The summed E-state index contributed by atoms with van der Waals surface area (Å²) in [6.45, 7) is 0. The van der Waals surface area contributed by atoms with Crippen molar-refractivity contribution in [1.82, 2.24) is 0 Å². The highest BCUT2D eigenvalue weighted by Gasteiger charge is 2.23. The van der Waals surface area contributed by atoms with Gasteiger partial charge in [0.25, 0.3) is 0 Å². The lowest BCUT2D eigenvalue weighted by atomic mass is 9.80. The minimum atomic E-state index is -1.24. The Morgan fingerprint density at radius 2 is 2.31 bits per heavy atom. The van der Waals surface area contributed by atoms with E-state index >= 15 is 0 Å². The smallest absolute Gasteiger partial charge is 0.244 e. The lowest BCUT2D eigenvalue weighted by Gasteiger charge is -2.36. The van der Waals surface area contributed by atoms with Gasteiger partial charge in [-0.2, -0.15) is 0 Å². The normalized spacial score (nSPS) is 22.0. The number of amides is 1. The van der Waals surface area contributed by atoms with Crippen LogP contribution in [0.25, 0.3) is 4.84 Å². The number of halogens is 1. The van der Waals surface area contributed by atoms with Crippen molar-refractivity contribution in [3.8, 4) is 0 Å². The first kappa shape index (κ1) is 10.8. The van der Waals surface area contributed by atoms with E-state index in [-0.39, 0.29) is 0 Å². The number of hydrogen-bond acceptors (Lipinski definition) is 2. The molecule has 13 heavy (non-hydrogen) atoms. The highest BCUT2D eigenvalue weighted by atomic mass is 35.5. The van der Waals surface area contributed by atoms with Crippen LogP contribution in [-0.2, 0) is 4.79 Å². The number of nitrogens with two attached hydrogens (primary N) is 1. The molecule has 3 N–H and O–H groups in total. The third kappa shape index (κ3) is 2.83. The fourth-order valence-electron chi connectivity index (χ4n) is 1.48. The molecule has 0 heterocycles. The van der Waals surface area contributed by atoms with Crippen molar-refractivity contribution in [3.05, 3.63) is 4.84 Å². The summed E-state index contributed by atoms with van der Waals surface area (Å²) in [5, 5.41) is 9.30. The molecular formula is C8H14ClN2O2-. The zero-order valence-corrected chi connectivity index (χ0v) is 8.07. The maximum atomic E-state index is 10.6. The second-order valence-electron chi connectivity index (χ2n) is 3.54. The van der Waals surface area contributed by atoms with Crippen molar-refractivity contribution >= 4 is 17.7 Å². The van der Waals surface area contributed by atoms with E-state index in [1.807, 2.05) is 0 Å². The molecule has 1 aliphatic rings. The molecule has 1 amide bonds. The van der Waals surface area contributed by atoms with Gasteiger partial charge in [0.1, 0.15) is 6.10 Å². The minimum absolute atomic E-state index is 0.538. The third-order valence-electron chi connectivity index (χ3n) is 2.58. The molecule has 0 spiro atoms. The summed E-state index contributed by atoms with van der Waals surface area (Å²) in [6.07, 6.45) is 2.90. The molecule has 0 aromatic heterocycles. The third-order valence-corrected chi connectivity index (χ3v) is 2.83. The van der Waals surface area contributed by atoms with Crippen LogP contribution in [0.5, 0.6) is 0 Å². The minimum Gasteiger partial charge on any atom is -0.570 e. The second kappa shape index (κ2) is 4.79. The molecule has 0 aromatic carbocycles. The average Bonchev–Trinajstić information content (AvgIpc) is 2.02. The molecule has 2 unspecified atom stereocenters. The van der Waals surface area contributed by atoms with Gasteiger partial charge in [-0.15, -0.1) is 0 Å². The van der Waals surface area contributed by atoms with Crippen molar-refractivity contribution < 1.29 is 9.90 Å². The van der Waals surface area contributed by atoms with E-state index in [4.69, 9.17) is 17.5 Å². The second-order valence-corrected chi connectivity index (χ2v) is 3.74. The first-order chi connectivity index (χ1) is 6.15. The van der Waals surface area contributed by atoms with Crippen LogP contribution in [0.4, 0.5) is 0 Å². The molecule has 0 radical (unpaired) electrons. The zero-order chi connectivity index (χ0) is 9.84. The number of nitrogens with zero attached hydrogens (tertiary/aromatic N) is 1. The molecule has 76 valence electrons. The van der Waals surface area contributed by atoms with Crippen LogP contribution in [0.15, 0.2) is 0 Å². The largest absolute Gasteiger partial charge is 0.570 e. The van der Waals surface area contributed by atoms with Crippen molar-refractivity contribution in [2.45, 2.75) is 37.8 Å². The topological polar surface area (TPSA) is 77.4 Å². The van der Waals surface area contributed by atoms with Gasteiger partial charge in [-0.1, -0.05) is 31.7 Å². The van der Waals surface area contributed by atoms with Crippen LogP contribution in [0.3, 0.4) is 0 Å². The summed E-state index contributed by atoms with van der Waals surface area (Å²) in [4.78, 5) is 14.1. The Hall–Kier alpha value is -0.320. The fraction of sp³-hybridized carbons (Fsp3) is 0.875. The van der Waals surface area contributed by atoms with Gasteiger partial charge in [0.2, 0.25) is 5.91 Å². The van der Waals surface area contributed by atoms with E-state index in [1.54, 1.807) is 0 Å². The van der Waals surface area contributed by atoms with Crippen molar-refractivity contribution in [1.29, 1.82) is 0 Å². The first-order valence-corrected chi connectivity index (χ1v) is 4.77. The molecular weight excluding hydrogens is 192 g/mol. The standard InChI is InChI=1S/C8H14ClN2O2/c9-11-6(7(12)8(10)13)4-5-2-1-3-5/h5-7,12H,1-4H2,(H2,10,13)/q-1. The summed E-state index contributed by atoms with van der Waals surface area (Å²) in [5.74, 6) is -0.213. The van der Waals surface area contributed by atoms with Crippen LogP contribution in [0, 0.1) is 5.92 Å². The van der Waals surface area contributed by atoms with Crippen molar-refractivity contribution in [3.63, 3.8) is 0 Å². The fourth-order valence-corrected chi connectivity index (χ4v) is 1.67. The molecule has 0 bridgehead atoms. The van der Waals surface area contributed by atoms with Crippen LogP contribution in [0.1, 0.15) is 25.7 Å². The summed E-state index contributed by atoms with van der Waals surface area (Å²) in [7, 11) is 0. The summed E-state index contributed by atoms with van der Waals surface area (Å²) < 4.78 is 0. The molecule has 5 heteroatoms. The number of aliphatic hydroxyl groups excluding tert-OH is 1. The van der Waals surface area contributed by atoms with Crippen molar-refractivity contribution in [2.75, 3.05) is 0 Å². The van der Waals surface area contributed by atoms with Gasteiger partial charge in [-0.3, -0.25) is 16.6 Å². The molecule has 0 aromatic rings. The van der Waals surface area contributed by atoms with Gasteiger partial charge in [0.05, 0.1) is 0 Å².